The predicted octanol–water partition coefficient (Wildman–Crippen LogP) is 1.27. The van der Waals surface area contributed by atoms with Gasteiger partial charge in [-0.15, -0.1) is 0 Å². The highest BCUT2D eigenvalue weighted by Crippen LogP contribution is 2.07. The Kier molecular flexibility index (Phi) is 4.57. The standard InChI is InChI=1S/C10H14N2O3S/c1-8-3-5-10(6-4-8)16(15)11-9(2)7-12(13)14/h3-6,9,11H,7H2,1-2H3/t9-,16?/m0/s1. The van der Waals surface area contributed by atoms with Crippen LogP contribution < -0.4 is 4.72 Å². The largest absolute Gasteiger partial charge is 0.264 e. The third kappa shape index (κ3) is 4.08. The molecule has 1 aromatic rings. The molecule has 0 spiro atoms. The summed E-state index contributed by atoms with van der Waals surface area (Å²) in [5.74, 6) is 0. The fourth-order valence-corrected chi connectivity index (χ4v) is 2.13. The molecule has 0 heterocycles. The van der Waals surface area contributed by atoms with Crippen LogP contribution in [0.25, 0.3) is 0 Å². The van der Waals surface area contributed by atoms with Gasteiger partial charge in [0.25, 0.3) is 0 Å². The van der Waals surface area contributed by atoms with Crippen molar-refractivity contribution < 1.29 is 9.13 Å². The Bertz CT molecular complexity index is 392. The summed E-state index contributed by atoms with van der Waals surface area (Å²) in [6.45, 7) is 3.34. The van der Waals surface area contributed by atoms with Gasteiger partial charge in [0.15, 0.2) is 0 Å². The molecular weight excluding hydrogens is 228 g/mol. The van der Waals surface area contributed by atoms with E-state index in [1.807, 2.05) is 19.1 Å². The fraction of sp³-hybridized carbons (Fsp3) is 0.400. The molecule has 16 heavy (non-hydrogen) atoms. The minimum Gasteiger partial charge on any atom is -0.264 e. The number of nitrogens with zero attached hydrogens (tertiary/aromatic N) is 1. The summed E-state index contributed by atoms with van der Waals surface area (Å²) in [4.78, 5) is 10.4. The lowest BCUT2D eigenvalue weighted by Gasteiger charge is -2.08. The van der Waals surface area contributed by atoms with Crippen molar-refractivity contribution >= 4 is 11.0 Å². The van der Waals surface area contributed by atoms with Crippen LogP contribution in [0.5, 0.6) is 0 Å². The second kappa shape index (κ2) is 5.72. The van der Waals surface area contributed by atoms with Gasteiger partial charge in [-0.25, -0.2) is 8.93 Å². The normalized spacial score (nSPS) is 14.4. The molecule has 88 valence electrons. The molecule has 2 atom stereocenters. The van der Waals surface area contributed by atoms with Gasteiger partial charge in [-0.1, -0.05) is 17.7 Å². The highest BCUT2D eigenvalue weighted by atomic mass is 32.2. The Hall–Kier alpha value is -1.27. The first-order chi connectivity index (χ1) is 7.49. The van der Waals surface area contributed by atoms with Gasteiger partial charge >= 0.3 is 0 Å². The number of hydrogen-bond donors (Lipinski definition) is 1. The lowest BCUT2D eigenvalue weighted by Crippen LogP contribution is -2.34. The van der Waals surface area contributed by atoms with E-state index in [2.05, 4.69) is 4.72 Å². The summed E-state index contributed by atoms with van der Waals surface area (Å²) in [6, 6.07) is 6.78. The molecule has 0 fully saturated rings. The predicted molar refractivity (Wildman–Crippen MR) is 62.0 cm³/mol. The molecule has 0 amide bonds. The highest BCUT2D eigenvalue weighted by molar-refractivity contribution is 7.83. The summed E-state index contributed by atoms with van der Waals surface area (Å²) in [7, 11) is -1.39. The van der Waals surface area contributed by atoms with Gasteiger partial charge in [0, 0.05) is 4.92 Å². The zero-order valence-electron chi connectivity index (χ0n) is 9.17. The van der Waals surface area contributed by atoms with Crippen LogP contribution in [-0.2, 0) is 11.0 Å². The van der Waals surface area contributed by atoms with E-state index in [1.54, 1.807) is 19.1 Å². The number of aryl methyl sites for hydroxylation is 1. The minimum atomic E-state index is -1.39. The van der Waals surface area contributed by atoms with Crippen LogP contribution in [0.15, 0.2) is 29.2 Å². The Morgan fingerprint density at radius 3 is 2.50 bits per heavy atom. The number of nitro groups is 1. The fourth-order valence-electron chi connectivity index (χ4n) is 1.17. The van der Waals surface area contributed by atoms with Crippen molar-refractivity contribution in [1.82, 2.24) is 4.72 Å². The molecule has 0 saturated heterocycles. The molecule has 1 N–H and O–H groups in total. The molecule has 6 heteroatoms. The summed E-state index contributed by atoms with van der Waals surface area (Å²) in [6.07, 6.45) is 0. The average Bonchev–Trinajstić information content (AvgIpc) is 2.16. The van der Waals surface area contributed by atoms with Gasteiger partial charge in [-0.2, -0.15) is 0 Å². The van der Waals surface area contributed by atoms with Crippen molar-refractivity contribution in [1.29, 1.82) is 0 Å². The number of nitrogens with one attached hydrogen (secondary N) is 1. The molecule has 0 aromatic heterocycles. The highest BCUT2D eigenvalue weighted by Gasteiger charge is 2.12. The van der Waals surface area contributed by atoms with E-state index in [4.69, 9.17) is 0 Å². The monoisotopic (exact) mass is 242 g/mol. The number of hydrogen-bond acceptors (Lipinski definition) is 3. The van der Waals surface area contributed by atoms with E-state index < -0.39 is 22.0 Å². The second-order valence-electron chi connectivity index (χ2n) is 3.62. The van der Waals surface area contributed by atoms with Crippen molar-refractivity contribution in [3.63, 3.8) is 0 Å². The summed E-state index contributed by atoms with van der Waals surface area (Å²) in [5.41, 5.74) is 1.08. The summed E-state index contributed by atoms with van der Waals surface area (Å²) >= 11 is 0. The first-order valence-corrected chi connectivity index (χ1v) is 6.00. The first-order valence-electron chi connectivity index (χ1n) is 4.85. The third-order valence-electron chi connectivity index (χ3n) is 1.97. The van der Waals surface area contributed by atoms with E-state index in [0.29, 0.717) is 4.90 Å². The van der Waals surface area contributed by atoms with E-state index in [1.165, 1.54) is 0 Å². The van der Waals surface area contributed by atoms with Gasteiger partial charge < -0.3 is 0 Å². The van der Waals surface area contributed by atoms with Crippen molar-refractivity contribution in [3.8, 4) is 0 Å². The van der Waals surface area contributed by atoms with Crippen LogP contribution in [0.3, 0.4) is 0 Å². The SMILES string of the molecule is Cc1ccc(S(=O)N[C@@H](C)C[N+](=O)[O-])cc1. The van der Waals surface area contributed by atoms with Crippen LogP contribution in [-0.4, -0.2) is 21.7 Å². The first kappa shape index (κ1) is 12.8. The van der Waals surface area contributed by atoms with E-state index in [9.17, 15) is 14.3 Å². The van der Waals surface area contributed by atoms with Crippen molar-refractivity contribution in [2.45, 2.75) is 24.8 Å². The number of benzene rings is 1. The van der Waals surface area contributed by atoms with Crippen LogP contribution >= 0.6 is 0 Å². The third-order valence-corrected chi connectivity index (χ3v) is 3.28. The van der Waals surface area contributed by atoms with Gasteiger partial charge in [-0.05, 0) is 26.0 Å². The molecule has 1 unspecified atom stereocenters. The Balaban J connectivity index is 2.58. The quantitative estimate of drug-likeness (QED) is 0.624. The Morgan fingerprint density at radius 2 is 2.00 bits per heavy atom. The second-order valence-corrected chi connectivity index (χ2v) is 4.86. The summed E-state index contributed by atoms with van der Waals surface area (Å²) < 4.78 is 14.4. The lowest BCUT2D eigenvalue weighted by atomic mass is 10.2. The smallest absolute Gasteiger partial charge is 0.219 e. The molecule has 1 rings (SSSR count). The zero-order valence-corrected chi connectivity index (χ0v) is 9.99. The molecule has 0 bridgehead atoms. The van der Waals surface area contributed by atoms with Crippen LogP contribution in [0, 0.1) is 17.0 Å². The molecular formula is C10H14N2O3S. The van der Waals surface area contributed by atoms with Crippen LogP contribution in [0.1, 0.15) is 12.5 Å². The molecule has 1 aromatic carbocycles. The maximum absolute atomic E-state index is 11.7. The molecule has 5 nitrogen and oxygen atoms in total. The Morgan fingerprint density at radius 1 is 1.44 bits per heavy atom. The number of rotatable bonds is 5. The van der Waals surface area contributed by atoms with Gasteiger partial charge in [0.05, 0.1) is 10.9 Å². The van der Waals surface area contributed by atoms with E-state index >= 15 is 0 Å². The Labute approximate surface area is 96.6 Å². The van der Waals surface area contributed by atoms with Crippen molar-refractivity contribution in [2.75, 3.05) is 6.54 Å². The van der Waals surface area contributed by atoms with Gasteiger partial charge in [0.1, 0.15) is 11.0 Å². The molecule has 0 saturated carbocycles. The molecule has 0 aliphatic carbocycles. The lowest BCUT2D eigenvalue weighted by molar-refractivity contribution is -0.482. The van der Waals surface area contributed by atoms with E-state index in [-0.39, 0.29) is 6.54 Å². The zero-order chi connectivity index (χ0) is 12.1. The topological polar surface area (TPSA) is 72.2 Å². The minimum absolute atomic E-state index is 0.238. The van der Waals surface area contributed by atoms with Crippen LogP contribution in [0.2, 0.25) is 0 Å². The van der Waals surface area contributed by atoms with Crippen molar-refractivity contribution in [2.24, 2.45) is 0 Å². The van der Waals surface area contributed by atoms with Gasteiger partial charge in [-0.3, -0.25) is 10.1 Å². The van der Waals surface area contributed by atoms with E-state index in [0.717, 1.165) is 5.56 Å². The summed E-state index contributed by atoms with van der Waals surface area (Å²) in [5, 5.41) is 10.2. The van der Waals surface area contributed by atoms with Crippen LogP contribution in [0.4, 0.5) is 0 Å². The van der Waals surface area contributed by atoms with Gasteiger partial charge in [0.2, 0.25) is 6.54 Å². The average molecular weight is 242 g/mol. The molecule has 0 aliphatic rings. The van der Waals surface area contributed by atoms with Crippen molar-refractivity contribution in [3.05, 3.63) is 39.9 Å². The maximum atomic E-state index is 11.7. The molecule has 0 aliphatic heterocycles. The molecule has 0 radical (unpaired) electrons. The maximum Gasteiger partial charge on any atom is 0.219 e.